The molecule has 0 aliphatic heterocycles. The molecule has 0 atom stereocenters. The van der Waals surface area contributed by atoms with Crippen molar-refractivity contribution in [2.24, 2.45) is 0 Å². The first-order valence-electron chi connectivity index (χ1n) is 2.85. The molecular weight excluding hydrogens is 134 g/mol. The molecule has 0 fully saturated rings. The topological polar surface area (TPSA) is 12.9 Å². The van der Waals surface area contributed by atoms with Crippen LogP contribution in [0, 0.1) is 6.20 Å². The number of hydrogen-bond acceptors (Lipinski definition) is 1. The Hall–Kier alpha value is -0.560. The zero-order chi connectivity index (χ0) is 6.69. The summed E-state index contributed by atoms with van der Waals surface area (Å²) < 4.78 is 0. The highest BCUT2D eigenvalue weighted by Gasteiger charge is 1.89. The molecule has 0 aliphatic carbocycles. The van der Waals surface area contributed by atoms with Crippen LogP contribution in [0.3, 0.4) is 0 Å². The molecule has 0 aromatic carbocycles. The minimum absolute atomic E-state index is 0.592. The first-order valence-corrected chi connectivity index (χ1v) is 3.23. The van der Waals surface area contributed by atoms with Gasteiger partial charge in [0.2, 0.25) is 0 Å². The third kappa shape index (κ3) is 1.68. The lowest BCUT2D eigenvalue weighted by Gasteiger charge is -1.92. The maximum absolute atomic E-state index is 5.61. The van der Waals surface area contributed by atoms with E-state index in [1.54, 1.807) is 6.20 Å². The van der Waals surface area contributed by atoms with Crippen LogP contribution in [0.15, 0.2) is 12.3 Å². The summed E-state index contributed by atoms with van der Waals surface area (Å²) in [6, 6.07) is 1.87. The zero-order valence-electron chi connectivity index (χ0n) is 5.19. The Bertz CT molecular complexity index is 198. The summed E-state index contributed by atoms with van der Waals surface area (Å²) in [5.74, 6) is 0. The maximum Gasteiger partial charge on any atom is 0.109 e. The average Bonchev–Trinajstić information content (AvgIpc) is 1.88. The van der Waals surface area contributed by atoms with Crippen LogP contribution in [0.4, 0.5) is 0 Å². The van der Waals surface area contributed by atoms with E-state index in [2.05, 4.69) is 18.1 Å². The lowest BCUT2D eigenvalue weighted by Crippen LogP contribution is -1.80. The van der Waals surface area contributed by atoms with Crippen molar-refractivity contribution in [1.29, 1.82) is 0 Å². The second-order valence-corrected chi connectivity index (χ2v) is 2.20. The second-order valence-electron chi connectivity index (χ2n) is 1.79. The van der Waals surface area contributed by atoms with Crippen molar-refractivity contribution in [2.75, 3.05) is 0 Å². The summed E-state index contributed by atoms with van der Waals surface area (Å²) in [6.07, 6.45) is 5.36. The summed E-state index contributed by atoms with van der Waals surface area (Å²) in [7, 11) is 0. The summed E-state index contributed by atoms with van der Waals surface area (Å²) >= 11 is 5.61. The molecule has 0 unspecified atom stereocenters. The smallest absolute Gasteiger partial charge is 0.109 e. The molecule has 1 aromatic heterocycles. The Morgan fingerprint density at radius 1 is 1.78 bits per heavy atom. The van der Waals surface area contributed by atoms with Gasteiger partial charge in [-0.05, 0) is 18.1 Å². The third-order valence-electron chi connectivity index (χ3n) is 1.12. The summed E-state index contributed by atoms with van der Waals surface area (Å²) in [5, 5.41) is 0.592. The lowest BCUT2D eigenvalue weighted by molar-refractivity contribution is 1.10. The molecule has 0 amide bonds. The van der Waals surface area contributed by atoms with E-state index in [1.165, 1.54) is 0 Å². The van der Waals surface area contributed by atoms with Crippen LogP contribution in [0.2, 0.25) is 5.02 Å². The zero-order valence-corrected chi connectivity index (χ0v) is 5.94. The molecule has 0 bridgehead atoms. The van der Waals surface area contributed by atoms with Crippen molar-refractivity contribution < 1.29 is 0 Å². The van der Waals surface area contributed by atoms with Gasteiger partial charge in [0.1, 0.15) is 6.20 Å². The van der Waals surface area contributed by atoms with Gasteiger partial charge >= 0.3 is 0 Å². The largest absolute Gasteiger partial charge is 0.253 e. The molecule has 1 nitrogen and oxygen atoms in total. The molecule has 9 heavy (non-hydrogen) atoms. The fourth-order valence-electron chi connectivity index (χ4n) is 0.603. The van der Waals surface area contributed by atoms with Crippen LogP contribution in [-0.4, -0.2) is 4.98 Å². The van der Waals surface area contributed by atoms with Crippen LogP contribution < -0.4 is 0 Å². The van der Waals surface area contributed by atoms with Crippen LogP contribution in [0.1, 0.15) is 12.5 Å². The maximum atomic E-state index is 5.61. The standard InChI is InChI=1S/C7H7ClN/c1-2-6-3-7(8)5-9-4-6/h3-4H,2H2,1H3. The average molecular weight is 141 g/mol. The van der Waals surface area contributed by atoms with Gasteiger partial charge in [0.05, 0.1) is 5.02 Å². The Morgan fingerprint density at radius 2 is 2.56 bits per heavy atom. The van der Waals surface area contributed by atoms with Gasteiger partial charge in [-0.2, -0.15) is 0 Å². The molecular formula is C7H7ClN. The third-order valence-corrected chi connectivity index (χ3v) is 1.32. The Labute approximate surface area is 59.7 Å². The van der Waals surface area contributed by atoms with Crippen molar-refractivity contribution in [2.45, 2.75) is 13.3 Å². The van der Waals surface area contributed by atoms with Crippen molar-refractivity contribution in [3.05, 3.63) is 29.0 Å². The number of aryl methyl sites for hydroxylation is 1. The van der Waals surface area contributed by atoms with Gasteiger partial charge in [-0.25, -0.2) is 0 Å². The number of rotatable bonds is 1. The minimum atomic E-state index is 0.592. The van der Waals surface area contributed by atoms with E-state index in [9.17, 15) is 0 Å². The minimum Gasteiger partial charge on any atom is -0.253 e. The number of aromatic nitrogens is 1. The molecule has 1 heterocycles. The Morgan fingerprint density at radius 3 is 3.00 bits per heavy atom. The van der Waals surface area contributed by atoms with E-state index < -0.39 is 0 Å². The van der Waals surface area contributed by atoms with Gasteiger partial charge in [-0.1, -0.05) is 18.5 Å². The first kappa shape index (κ1) is 6.56. The molecule has 0 N–H and O–H groups in total. The molecule has 0 saturated carbocycles. The van der Waals surface area contributed by atoms with Crippen LogP contribution >= 0.6 is 11.6 Å². The van der Waals surface area contributed by atoms with E-state index >= 15 is 0 Å². The summed E-state index contributed by atoms with van der Waals surface area (Å²) in [4.78, 5) is 3.80. The lowest BCUT2D eigenvalue weighted by atomic mass is 10.2. The summed E-state index contributed by atoms with van der Waals surface area (Å²) in [5.41, 5.74) is 1.15. The molecule has 1 rings (SSSR count). The van der Waals surface area contributed by atoms with Gasteiger partial charge in [-0.3, -0.25) is 4.98 Å². The molecule has 0 saturated heterocycles. The second kappa shape index (κ2) is 2.83. The molecule has 1 aromatic rings. The molecule has 0 aliphatic rings. The van der Waals surface area contributed by atoms with E-state index in [-0.39, 0.29) is 0 Å². The van der Waals surface area contributed by atoms with E-state index in [1.807, 2.05) is 6.07 Å². The van der Waals surface area contributed by atoms with E-state index in [0.29, 0.717) is 5.02 Å². The van der Waals surface area contributed by atoms with Crippen molar-refractivity contribution >= 4 is 11.6 Å². The van der Waals surface area contributed by atoms with Crippen molar-refractivity contribution in [3.8, 4) is 0 Å². The predicted molar refractivity (Wildman–Crippen MR) is 37.5 cm³/mol. The number of hydrogen-bond donors (Lipinski definition) is 0. The van der Waals surface area contributed by atoms with Crippen molar-refractivity contribution in [3.63, 3.8) is 0 Å². The molecule has 0 spiro atoms. The van der Waals surface area contributed by atoms with E-state index in [4.69, 9.17) is 11.6 Å². The SMILES string of the molecule is CCc1cn[c]c(Cl)c1. The van der Waals surface area contributed by atoms with Gasteiger partial charge in [-0.15, -0.1) is 0 Å². The predicted octanol–water partition coefficient (Wildman–Crippen LogP) is 2.10. The number of pyridine rings is 1. The highest BCUT2D eigenvalue weighted by Crippen LogP contribution is 2.07. The van der Waals surface area contributed by atoms with Crippen LogP contribution in [-0.2, 0) is 6.42 Å². The molecule has 1 radical (unpaired) electrons. The number of nitrogens with zero attached hydrogens (tertiary/aromatic N) is 1. The van der Waals surface area contributed by atoms with Gasteiger partial charge in [0, 0.05) is 6.20 Å². The van der Waals surface area contributed by atoms with Gasteiger partial charge < -0.3 is 0 Å². The monoisotopic (exact) mass is 140 g/mol. The molecule has 47 valence electrons. The highest BCUT2D eigenvalue weighted by molar-refractivity contribution is 6.30. The first-order chi connectivity index (χ1) is 4.33. The fraction of sp³-hybridized carbons (Fsp3) is 0.286. The van der Waals surface area contributed by atoms with Gasteiger partial charge in [0.25, 0.3) is 0 Å². The molecule has 2 heteroatoms. The van der Waals surface area contributed by atoms with Crippen LogP contribution in [0.25, 0.3) is 0 Å². The Kier molecular flexibility index (Phi) is 2.06. The number of halogens is 1. The highest BCUT2D eigenvalue weighted by atomic mass is 35.5. The quantitative estimate of drug-likeness (QED) is 0.582. The van der Waals surface area contributed by atoms with Gasteiger partial charge in [0.15, 0.2) is 0 Å². The Balaban J connectivity index is 2.94. The van der Waals surface area contributed by atoms with Crippen LogP contribution in [0.5, 0.6) is 0 Å². The fourth-order valence-corrected chi connectivity index (χ4v) is 0.791. The normalized spacial score (nSPS) is 9.56. The van der Waals surface area contributed by atoms with Crippen molar-refractivity contribution in [1.82, 2.24) is 4.98 Å². The summed E-state index contributed by atoms with van der Waals surface area (Å²) in [6.45, 7) is 2.06. The van der Waals surface area contributed by atoms with E-state index in [0.717, 1.165) is 12.0 Å².